The average molecular weight is 333 g/mol. The van der Waals surface area contributed by atoms with Gasteiger partial charge in [-0.2, -0.15) is 0 Å². The molecule has 136 valence electrons. The second kappa shape index (κ2) is 9.55. The summed E-state index contributed by atoms with van der Waals surface area (Å²) < 4.78 is 5.94. The number of ether oxygens (including phenoxy) is 1. The Morgan fingerprint density at radius 2 is 1.96 bits per heavy atom. The molecule has 24 heavy (non-hydrogen) atoms. The lowest BCUT2D eigenvalue weighted by molar-refractivity contribution is -0.0771. The molecule has 0 aromatic heterocycles. The quantitative estimate of drug-likeness (QED) is 0.694. The number of rotatable bonds is 9. The molecule has 1 aliphatic rings. The fraction of sp³-hybridized carbons (Fsp3) is 0.714. The predicted octanol–water partition coefficient (Wildman–Crippen LogP) is 3.91. The van der Waals surface area contributed by atoms with Gasteiger partial charge in [0.05, 0.1) is 5.60 Å². The van der Waals surface area contributed by atoms with Gasteiger partial charge in [-0.25, -0.2) is 0 Å². The molecule has 1 aromatic rings. The Hall–Kier alpha value is -0.900. The van der Waals surface area contributed by atoms with Gasteiger partial charge in [0.2, 0.25) is 0 Å². The third kappa shape index (κ3) is 6.54. The van der Waals surface area contributed by atoms with E-state index < -0.39 is 0 Å². The fourth-order valence-corrected chi connectivity index (χ4v) is 3.90. The summed E-state index contributed by atoms with van der Waals surface area (Å²) in [5, 5.41) is 3.64. The van der Waals surface area contributed by atoms with Gasteiger partial charge in [-0.05, 0) is 90.7 Å². The van der Waals surface area contributed by atoms with E-state index in [1.807, 2.05) is 0 Å². The molecule has 2 rings (SSSR count). The highest BCUT2D eigenvalue weighted by Crippen LogP contribution is 2.39. The van der Waals surface area contributed by atoms with Crippen molar-refractivity contribution in [1.29, 1.82) is 0 Å². The Bertz CT molecular complexity index is 458. The van der Waals surface area contributed by atoms with E-state index in [0.717, 1.165) is 38.6 Å². The molecule has 0 aliphatic carbocycles. The van der Waals surface area contributed by atoms with Crippen LogP contribution in [0.25, 0.3) is 0 Å². The van der Waals surface area contributed by atoms with E-state index in [1.165, 1.54) is 24.8 Å². The molecule has 0 radical (unpaired) electrons. The molecule has 1 saturated heterocycles. The molecule has 0 bridgehead atoms. The minimum Gasteiger partial charge on any atom is -0.376 e. The van der Waals surface area contributed by atoms with Crippen LogP contribution in [0.4, 0.5) is 0 Å². The largest absolute Gasteiger partial charge is 0.376 e. The summed E-state index contributed by atoms with van der Waals surface area (Å²) in [7, 11) is 4.27. The predicted molar refractivity (Wildman–Crippen MR) is 103 cm³/mol. The number of hydrogen-bond donors (Lipinski definition) is 1. The first-order valence-electron chi connectivity index (χ1n) is 9.52. The average Bonchev–Trinajstić information content (AvgIpc) is 2.53. The van der Waals surface area contributed by atoms with Gasteiger partial charge in [0.15, 0.2) is 0 Å². The van der Waals surface area contributed by atoms with Gasteiger partial charge in [0.25, 0.3) is 0 Å². The van der Waals surface area contributed by atoms with Crippen molar-refractivity contribution in [3.63, 3.8) is 0 Å². The van der Waals surface area contributed by atoms with Crippen molar-refractivity contribution in [3.05, 3.63) is 35.9 Å². The van der Waals surface area contributed by atoms with Crippen LogP contribution in [0.1, 0.15) is 51.0 Å². The highest BCUT2D eigenvalue weighted by Gasteiger charge is 2.33. The summed E-state index contributed by atoms with van der Waals surface area (Å²) in [4.78, 5) is 2.25. The lowest BCUT2D eigenvalue weighted by Crippen LogP contribution is -2.37. The Morgan fingerprint density at radius 1 is 1.21 bits per heavy atom. The molecule has 1 aliphatic heterocycles. The second-order valence-electron chi connectivity index (χ2n) is 8.07. The molecule has 1 fully saturated rings. The van der Waals surface area contributed by atoms with Crippen LogP contribution in [0, 0.1) is 5.92 Å². The van der Waals surface area contributed by atoms with Crippen molar-refractivity contribution < 1.29 is 4.74 Å². The smallest absolute Gasteiger partial charge is 0.0629 e. The molecule has 1 aromatic carbocycles. The van der Waals surface area contributed by atoms with Crippen LogP contribution in [-0.4, -0.2) is 50.8 Å². The van der Waals surface area contributed by atoms with E-state index in [9.17, 15) is 0 Å². The van der Waals surface area contributed by atoms with Crippen molar-refractivity contribution in [1.82, 2.24) is 10.2 Å². The maximum absolute atomic E-state index is 5.94. The molecule has 0 unspecified atom stereocenters. The SMILES string of the molecule is CN(C)CCCNCC[C@@H](c1ccccc1)[C@H]1CCOC(C)(C)C1. The maximum Gasteiger partial charge on any atom is 0.0629 e. The number of benzene rings is 1. The lowest BCUT2D eigenvalue weighted by atomic mass is 9.75. The Kier molecular flexibility index (Phi) is 7.73. The van der Waals surface area contributed by atoms with Gasteiger partial charge in [-0.3, -0.25) is 0 Å². The van der Waals surface area contributed by atoms with Gasteiger partial charge in [0.1, 0.15) is 0 Å². The third-order valence-corrected chi connectivity index (χ3v) is 5.12. The van der Waals surface area contributed by atoms with E-state index in [-0.39, 0.29) is 5.60 Å². The first-order chi connectivity index (χ1) is 11.5. The zero-order valence-corrected chi connectivity index (χ0v) is 16.1. The normalized spacial score (nSPS) is 21.8. The summed E-state index contributed by atoms with van der Waals surface area (Å²) in [6.45, 7) is 8.74. The monoisotopic (exact) mass is 332 g/mol. The van der Waals surface area contributed by atoms with Crippen molar-refractivity contribution in [2.45, 2.75) is 51.0 Å². The standard InChI is InChI=1S/C21H36N2O/c1-21(2)17-19(12-16-24-21)20(18-9-6-5-7-10-18)11-14-22-13-8-15-23(3)4/h5-7,9-10,19-20,22H,8,11-17H2,1-4H3/t19-,20-/m0/s1. The molecule has 0 spiro atoms. The fourth-order valence-electron chi connectivity index (χ4n) is 3.90. The van der Waals surface area contributed by atoms with E-state index in [1.54, 1.807) is 0 Å². The van der Waals surface area contributed by atoms with Crippen LogP contribution in [0.3, 0.4) is 0 Å². The van der Waals surface area contributed by atoms with Crippen LogP contribution in [-0.2, 0) is 4.74 Å². The topological polar surface area (TPSA) is 24.5 Å². The van der Waals surface area contributed by atoms with E-state index in [4.69, 9.17) is 4.74 Å². The van der Waals surface area contributed by atoms with Gasteiger partial charge in [0, 0.05) is 6.61 Å². The lowest BCUT2D eigenvalue weighted by Gasteiger charge is -2.39. The molecule has 3 nitrogen and oxygen atoms in total. The summed E-state index contributed by atoms with van der Waals surface area (Å²) in [6, 6.07) is 11.1. The molecule has 2 atom stereocenters. The third-order valence-electron chi connectivity index (χ3n) is 5.12. The summed E-state index contributed by atoms with van der Waals surface area (Å²) in [6.07, 6.45) is 4.77. The number of nitrogens with zero attached hydrogens (tertiary/aromatic N) is 1. The summed E-state index contributed by atoms with van der Waals surface area (Å²) in [5.41, 5.74) is 1.52. The first kappa shape index (κ1) is 19.4. The highest BCUT2D eigenvalue weighted by atomic mass is 16.5. The Labute approximate surface area is 148 Å². The van der Waals surface area contributed by atoms with Crippen LogP contribution >= 0.6 is 0 Å². The van der Waals surface area contributed by atoms with E-state index >= 15 is 0 Å². The Morgan fingerprint density at radius 3 is 2.62 bits per heavy atom. The summed E-state index contributed by atoms with van der Waals surface area (Å²) >= 11 is 0. The molecular weight excluding hydrogens is 296 g/mol. The van der Waals surface area contributed by atoms with E-state index in [2.05, 4.69) is 68.5 Å². The van der Waals surface area contributed by atoms with Crippen LogP contribution in [0.15, 0.2) is 30.3 Å². The minimum absolute atomic E-state index is 0.0229. The van der Waals surface area contributed by atoms with Gasteiger partial charge >= 0.3 is 0 Å². The maximum atomic E-state index is 5.94. The van der Waals surface area contributed by atoms with Crippen molar-refractivity contribution >= 4 is 0 Å². The molecule has 1 heterocycles. The van der Waals surface area contributed by atoms with Crippen molar-refractivity contribution in [2.24, 2.45) is 5.92 Å². The van der Waals surface area contributed by atoms with Crippen LogP contribution < -0.4 is 5.32 Å². The van der Waals surface area contributed by atoms with Gasteiger partial charge in [-0.15, -0.1) is 0 Å². The van der Waals surface area contributed by atoms with Crippen LogP contribution in [0.5, 0.6) is 0 Å². The second-order valence-corrected chi connectivity index (χ2v) is 8.07. The van der Waals surface area contributed by atoms with Crippen LogP contribution in [0.2, 0.25) is 0 Å². The number of hydrogen-bond acceptors (Lipinski definition) is 3. The zero-order chi connectivity index (χ0) is 17.4. The minimum atomic E-state index is 0.0229. The summed E-state index contributed by atoms with van der Waals surface area (Å²) in [5.74, 6) is 1.36. The van der Waals surface area contributed by atoms with Crippen molar-refractivity contribution in [2.75, 3.05) is 40.3 Å². The molecule has 0 amide bonds. The highest BCUT2D eigenvalue weighted by molar-refractivity contribution is 5.20. The molecule has 3 heteroatoms. The van der Waals surface area contributed by atoms with Gasteiger partial charge in [-0.1, -0.05) is 30.3 Å². The molecular formula is C21H36N2O. The molecule has 1 N–H and O–H groups in total. The van der Waals surface area contributed by atoms with Gasteiger partial charge < -0.3 is 15.0 Å². The van der Waals surface area contributed by atoms with Crippen molar-refractivity contribution in [3.8, 4) is 0 Å². The zero-order valence-electron chi connectivity index (χ0n) is 16.1. The molecule has 0 saturated carbocycles. The van der Waals surface area contributed by atoms with E-state index in [0.29, 0.717) is 5.92 Å². The first-order valence-corrected chi connectivity index (χ1v) is 9.52. The Balaban J connectivity index is 1.89. The number of nitrogens with one attached hydrogen (secondary N) is 1.